The van der Waals surface area contributed by atoms with Crippen molar-refractivity contribution in [2.24, 2.45) is 0 Å². The lowest BCUT2D eigenvalue weighted by molar-refractivity contribution is 0.0947. The Bertz CT molecular complexity index is 356. The van der Waals surface area contributed by atoms with Crippen molar-refractivity contribution in [3.8, 4) is 0 Å². The van der Waals surface area contributed by atoms with Crippen molar-refractivity contribution >= 4 is 0 Å². The SMILES string of the molecule is OC1CCCNC1c1cc(F)ccc1F. The molecule has 1 heterocycles. The Labute approximate surface area is 86.9 Å². The lowest BCUT2D eigenvalue weighted by Crippen LogP contribution is -2.38. The zero-order valence-corrected chi connectivity index (χ0v) is 8.21. The molecule has 4 heteroatoms. The summed E-state index contributed by atoms with van der Waals surface area (Å²) in [5, 5.41) is 12.7. The number of nitrogens with one attached hydrogen (secondary N) is 1. The maximum Gasteiger partial charge on any atom is 0.128 e. The Kier molecular flexibility index (Phi) is 2.98. The molecule has 2 nitrogen and oxygen atoms in total. The van der Waals surface area contributed by atoms with Crippen LogP contribution in [0.15, 0.2) is 18.2 Å². The van der Waals surface area contributed by atoms with Crippen LogP contribution in [0.3, 0.4) is 0 Å². The van der Waals surface area contributed by atoms with E-state index in [-0.39, 0.29) is 5.56 Å². The summed E-state index contributed by atoms with van der Waals surface area (Å²) in [5.74, 6) is -0.958. The first-order valence-electron chi connectivity index (χ1n) is 5.05. The molecular formula is C11H13F2NO. The maximum absolute atomic E-state index is 13.4. The highest BCUT2D eigenvalue weighted by Gasteiger charge is 2.26. The molecule has 1 fully saturated rings. The zero-order valence-electron chi connectivity index (χ0n) is 8.21. The minimum Gasteiger partial charge on any atom is -0.391 e. The molecule has 1 aliphatic rings. The number of aliphatic hydroxyl groups is 1. The molecule has 2 N–H and O–H groups in total. The number of rotatable bonds is 1. The normalized spacial score (nSPS) is 26.6. The highest BCUT2D eigenvalue weighted by Crippen LogP contribution is 2.26. The van der Waals surface area contributed by atoms with E-state index in [0.29, 0.717) is 6.42 Å². The standard InChI is InChI=1S/C11H13F2NO/c12-7-3-4-9(13)8(6-7)11-10(15)2-1-5-14-11/h3-4,6,10-11,14-15H,1-2,5H2. The minimum absolute atomic E-state index is 0.210. The van der Waals surface area contributed by atoms with Crippen molar-refractivity contribution in [1.29, 1.82) is 0 Å². The van der Waals surface area contributed by atoms with E-state index >= 15 is 0 Å². The fraction of sp³-hybridized carbons (Fsp3) is 0.455. The Morgan fingerprint density at radius 1 is 1.33 bits per heavy atom. The molecule has 1 aromatic rings. The van der Waals surface area contributed by atoms with Gasteiger partial charge < -0.3 is 10.4 Å². The second-order valence-electron chi connectivity index (χ2n) is 3.81. The Hall–Kier alpha value is -1.00. The molecule has 0 bridgehead atoms. The first-order chi connectivity index (χ1) is 7.18. The second kappa shape index (κ2) is 4.24. The molecule has 0 amide bonds. The van der Waals surface area contributed by atoms with Gasteiger partial charge >= 0.3 is 0 Å². The highest BCUT2D eigenvalue weighted by molar-refractivity contribution is 5.23. The van der Waals surface area contributed by atoms with Crippen molar-refractivity contribution in [2.75, 3.05) is 6.54 Å². The van der Waals surface area contributed by atoms with Gasteiger partial charge in [0.15, 0.2) is 0 Å². The minimum atomic E-state index is -0.643. The quantitative estimate of drug-likeness (QED) is 0.745. The van der Waals surface area contributed by atoms with E-state index in [1.165, 1.54) is 0 Å². The molecule has 0 radical (unpaired) electrons. The van der Waals surface area contributed by atoms with Crippen LogP contribution in [0.1, 0.15) is 24.4 Å². The van der Waals surface area contributed by atoms with Crippen LogP contribution in [-0.4, -0.2) is 17.8 Å². The molecule has 0 aromatic heterocycles. The predicted molar refractivity (Wildman–Crippen MR) is 52.3 cm³/mol. The van der Waals surface area contributed by atoms with Crippen molar-refractivity contribution in [3.05, 3.63) is 35.4 Å². The van der Waals surface area contributed by atoms with Gasteiger partial charge in [-0.3, -0.25) is 0 Å². The fourth-order valence-corrected chi connectivity index (χ4v) is 1.94. The van der Waals surface area contributed by atoms with E-state index in [0.717, 1.165) is 31.2 Å². The van der Waals surface area contributed by atoms with Gasteiger partial charge in [0.2, 0.25) is 0 Å². The third kappa shape index (κ3) is 2.16. The Morgan fingerprint density at radius 3 is 2.87 bits per heavy atom. The van der Waals surface area contributed by atoms with Gasteiger partial charge in [0.25, 0.3) is 0 Å². The van der Waals surface area contributed by atoms with Crippen molar-refractivity contribution in [2.45, 2.75) is 25.0 Å². The van der Waals surface area contributed by atoms with Crippen molar-refractivity contribution < 1.29 is 13.9 Å². The first-order valence-corrected chi connectivity index (χ1v) is 5.05. The summed E-state index contributed by atoms with van der Waals surface area (Å²) in [7, 11) is 0. The van der Waals surface area contributed by atoms with E-state index in [1.54, 1.807) is 0 Å². The van der Waals surface area contributed by atoms with Gasteiger partial charge in [0.1, 0.15) is 11.6 Å². The van der Waals surface area contributed by atoms with E-state index < -0.39 is 23.8 Å². The first kappa shape index (κ1) is 10.5. The lowest BCUT2D eigenvalue weighted by atomic mass is 9.94. The van der Waals surface area contributed by atoms with E-state index in [1.807, 2.05) is 0 Å². The van der Waals surface area contributed by atoms with Crippen LogP contribution in [0, 0.1) is 11.6 Å². The van der Waals surface area contributed by atoms with Crippen LogP contribution in [0.5, 0.6) is 0 Å². The summed E-state index contributed by atoms with van der Waals surface area (Å²) in [6.45, 7) is 0.720. The number of hydrogen-bond donors (Lipinski definition) is 2. The van der Waals surface area contributed by atoms with Crippen molar-refractivity contribution in [3.63, 3.8) is 0 Å². The smallest absolute Gasteiger partial charge is 0.128 e. The summed E-state index contributed by atoms with van der Waals surface area (Å²) in [6.07, 6.45) is 0.831. The summed E-state index contributed by atoms with van der Waals surface area (Å²) in [4.78, 5) is 0. The van der Waals surface area contributed by atoms with Gasteiger partial charge in [-0.25, -0.2) is 8.78 Å². The van der Waals surface area contributed by atoms with Crippen LogP contribution < -0.4 is 5.32 Å². The number of benzene rings is 1. The van der Waals surface area contributed by atoms with Crippen molar-refractivity contribution in [1.82, 2.24) is 5.32 Å². The molecule has 1 aromatic carbocycles. The molecule has 2 atom stereocenters. The van der Waals surface area contributed by atoms with Crippen LogP contribution in [0.4, 0.5) is 8.78 Å². The third-order valence-corrected chi connectivity index (χ3v) is 2.72. The van der Waals surface area contributed by atoms with Gasteiger partial charge in [0.05, 0.1) is 12.1 Å². The molecule has 0 spiro atoms. The van der Waals surface area contributed by atoms with Gasteiger partial charge in [-0.15, -0.1) is 0 Å². The fourth-order valence-electron chi connectivity index (χ4n) is 1.94. The predicted octanol–water partition coefficient (Wildman–Crippen LogP) is 1.75. The topological polar surface area (TPSA) is 32.3 Å². The summed E-state index contributed by atoms with van der Waals surface area (Å²) in [5.41, 5.74) is 0.210. The average Bonchev–Trinajstić information content (AvgIpc) is 2.23. The molecular weight excluding hydrogens is 200 g/mol. The number of halogens is 2. The van der Waals surface area contributed by atoms with Crippen LogP contribution in [0.2, 0.25) is 0 Å². The van der Waals surface area contributed by atoms with Gasteiger partial charge in [-0.2, -0.15) is 0 Å². The Balaban J connectivity index is 2.30. The molecule has 82 valence electrons. The number of hydrogen-bond acceptors (Lipinski definition) is 2. The van der Waals surface area contributed by atoms with E-state index in [2.05, 4.69) is 5.32 Å². The van der Waals surface area contributed by atoms with Crippen LogP contribution in [-0.2, 0) is 0 Å². The molecule has 1 saturated heterocycles. The second-order valence-corrected chi connectivity index (χ2v) is 3.81. The maximum atomic E-state index is 13.4. The van der Waals surface area contributed by atoms with Crippen LogP contribution >= 0.6 is 0 Å². The molecule has 15 heavy (non-hydrogen) atoms. The highest BCUT2D eigenvalue weighted by atomic mass is 19.1. The molecule has 2 unspecified atom stereocenters. The number of piperidine rings is 1. The van der Waals surface area contributed by atoms with Gasteiger partial charge in [0, 0.05) is 5.56 Å². The van der Waals surface area contributed by atoms with Gasteiger partial charge in [-0.1, -0.05) is 0 Å². The lowest BCUT2D eigenvalue weighted by Gasteiger charge is -2.29. The molecule has 0 saturated carbocycles. The van der Waals surface area contributed by atoms with E-state index in [9.17, 15) is 13.9 Å². The van der Waals surface area contributed by atoms with E-state index in [4.69, 9.17) is 0 Å². The zero-order chi connectivity index (χ0) is 10.8. The molecule has 1 aliphatic heterocycles. The summed E-state index contributed by atoms with van der Waals surface area (Å²) >= 11 is 0. The summed E-state index contributed by atoms with van der Waals surface area (Å²) < 4.78 is 26.4. The molecule has 2 rings (SSSR count). The monoisotopic (exact) mass is 213 g/mol. The number of aliphatic hydroxyl groups excluding tert-OH is 1. The van der Waals surface area contributed by atoms with Gasteiger partial charge in [-0.05, 0) is 37.6 Å². The average molecular weight is 213 g/mol. The van der Waals surface area contributed by atoms with Crippen LogP contribution in [0.25, 0.3) is 0 Å². The Morgan fingerprint density at radius 2 is 2.13 bits per heavy atom. The third-order valence-electron chi connectivity index (χ3n) is 2.72. The summed E-state index contributed by atoms with van der Waals surface area (Å²) in [6, 6.07) is 2.82. The molecule has 0 aliphatic carbocycles. The largest absolute Gasteiger partial charge is 0.391 e.